The maximum Gasteiger partial charge on any atom is 0.251 e. The minimum absolute atomic E-state index is 0.0782. The van der Waals surface area contributed by atoms with Gasteiger partial charge >= 0.3 is 0 Å². The lowest BCUT2D eigenvalue weighted by molar-refractivity contribution is -0.123. The molecule has 1 amide bonds. The Balaban J connectivity index is 2.21. The number of benzene rings is 1. The Labute approximate surface area is 95.9 Å². The number of hydrogen-bond donors (Lipinski definition) is 0. The lowest BCUT2D eigenvalue weighted by Gasteiger charge is -2.19. The van der Waals surface area contributed by atoms with Gasteiger partial charge in [-0.3, -0.25) is 4.79 Å². The van der Waals surface area contributed by atoms with E-state index in [1.807, 2.05) is 55.2 Å². The summed E-state index contributed by atoms with van der Waals surface area (Å²) in [4.78, 5) is 13.6. The molecule has 0 aromatic heterocycles. The Kier molecular flexibility index (Phi) is 2.91. The molecule has 2 nitrogen and oxygen atoms in total. The summed E-state index contributed by atoms with van der Waals surface area (Å²) >= 11 is 0. The Hall–Kier alpha value is -1.83. The van der Waals surface area contributed by atoms with Crippen molar-refractivity contribution >= 4 is 5.91 Å². The summed E-state index contributed by atoms with van der Waals surface area (Å²) in [6, 6.07) is 10.0. The number of carbonyl (C=O) groups excluding carboxylic acids is 1. The van der Waals surface area contributed by atoms with E-state index < -0.39 is 0 Å². The molecule has 16 heavy (non-hydrogen) atoms. The second-order valence-corrected chi connectivity index (χ2v) is 3.91. The van der Waals surface area contributed by atoms with Crippen LogP contribution in [0.3, 0.4) is 0 Å². The molecule has 0 spiro atoms. The van der Waals surface area contributed by atoms with Crippen LogP contribution >= 0.6 is 0 Å². The molecule has 0 saturated heterocycles. The summed E-state index contributed by atoms with van der Waals surface area (Å²) in [5.74, 6) is 0.0782. The average Bonchev–Trinajstić information content (AvgIpc) is 2.55. The van der Waals surface area contributed by atoms with Crippen LogP contribution in [0.2, 0.25) is 0 Å². The summed E-state index contributed by atoms with van der Waals surface area (Å²) in [6.07, 6.45) is 3.68. The summed E-state index contributed by atoms with van der Waals surface area (Å²) in [6.45, 7) is 4.58. The predicted octanol–water partition coefficient (Wildman–Crippen LogP) is 2.88. The molecule has 0 bridgehead atoms. The van der Waals surface area contributed by atoms with Crippen LogP contribution in [0.4, 0.5) is 0 Å². The van der Waals surface area contributed by atoms with Gasteiger partial charge in [0.15, 0.2) is 0 Å². The van der Waals surface area contributed by atoms with E-state index in [9.17, 15) is 4.79 Å². The zero-order chi connectivity index (χ0) is 11.5. The normalized spacial score (nSPS) is 18.1. The predicted molar refractivity (Wildman–Crippen MR) is 64.5 cm³/mol. The molecule has 0 N–H and O–H groups in total. The smallest absolute Gasteiger partial charge is 0.251 e. The zero-order valence-corrected chi connectivity index (χ0v) is 9.60. The highest BCUT2D eigenvalue weighted by atomic mass is 16.2. The van der Waals surface area contributed by atoms with Gasteiger partial charge in [0.1, 0.15) is 0 Å². The van der Waals surface area contributed by atoms with E-state index in [2.05, 4.69) is 0 Å². The van der Waals surface area contributed by atoms with E-state index in [1.54, 1.807) is 6.08 Å². The fraction of sp³-hybridized carbons (Fsp3) is 0.214. The largest absolute Gasteiger partial charge is 0.305 e. The molecule has 0 atom stereocenters. The van der Waals surface area contributed by atoms with Gasteiger partial charge in [-0.25, -0.2) is 0 Å². The van der Waals surface area contributed by atoms with Gasteiger partial charge in [0.2, 0.25) is 0 Å². The fourth-order valence-corrected chi connectivity index (χ4v) is 1.98. The van der Waals surface area contributed by atoms with Crippen molar-refractivity contribution in [3.63, 3.8) is 0 Å². The third-order valence-electron chi connectivity index (χ3n) is 2.76. The van der Waals surface area contributed by atoms with Crippen molar-refractivity contribution < 1.29 is 4.79 Å². The standard InChI is InChI=1S/C14H15NO/c1-3-13-11(2)9-14(16)15(13)10-12-7-5-4-6-8-12/h3-9H,10H2,1-2H3/b13-3-. The maximum atomic E-state index is 11.8. The highest BCUT2D eigenvalue weighted by Crippen LogP contribution is 2.24. The quantitative estimate of drug-likeness (QED) is 0.739. The highest BCUT2D eigenvalue weighted by Gasteiger charge is 2.23. The average molecular weight is 213 g/mol. The Bertz CT molecular complexity index is 457. The van der Waals surface area contributed by atoms with E-state index >= 15 is 0 Å². The van der Waals surface area contributed by atoms with Crippen molar-refractivity contribution in [2.24, 2.45) is 0 Å². The van der Waals surface area contributed by atoms with Crippen molar-refractivity contribution in [1.29, 1.82) is 0 Å². The van der Waals surface area contributed by atoms with Gasteiger partial charge in [-0.2, -0.15) is 0 Å². The molecular formula is C14H15NO. The second kappa shape index (κ2) is 4.35. The summed E-state index contributed by atoms with van der Waals surface area (Å²) < 4.78 is 0. The van der Waals surface area contributed by atoms with Crippen LogP contribution in [0.15, 0.2) is 53.8 Å². The van der Waals surface area contributed by atoms with Crippen LogP contribution in [0.5, 0.6) is 0 Å². The van der Waals surface area contributed by atoms with Crippen LogP contribution in [0, 0.1) is 0 Å². The first-order chi connectivity index (χ1) is 7.72. The van der Waals surface area contributed by atoms with E-state index in [-0.39, 0.29) is 5.91 Å². The minimum atomic E-state index is 0.0782. The molecule has 82 valence electrons. The number of hydrogen-bond acceptors (Lipinski definition) is 1. The van der Waals surface area contributed by atoms with E-state index in [0.29, 0.717) is 6.54 Å². The second-order valence-electron chi connectivity index (χ2n) is 3.91. The molecular weight excluding hydrogens is 198 g/mol. The van der Waals surface area contributed by atoms with Gasteiger partial charge in [-0.1, -0.05) is 36.4 Å². The molecule has 0 unspecified atom stereocenters. The van der Waals surface area contributed by atoms with Crippen molar-refractivity contribution in [2.75, 3.05) is 0 Å². The van der Waals surface area contributed by atoms with Crippen molar-refractivity contribution in [3.8, 4) is 0 Å². The first kappa shape index (κ1) is 10.7. The zero-order valence-electron chi connectivity index (χ0n) is 9.60. The Morgan fingerprint density at radius 2 is 1.94 bits per heavy atom. The Morgan fingerprint density at radius 3 is 2.56 bits per heavy atom. The molecule has 2 heteroatoms. The third-order valence-corrected chi connectivity index (χ3v) is 2.76. The SMILES string of the molecule is C/C=C1/C(C)=CC(=O)N1Cc1ccccc1. The fourth-order valence-electron chi connectivity index (χ4n) is 1.98. The number of rotatable bonds is 2. The molecule has 0 radical (unpaired) electrons. The molecule has 0 saturated carbocycles. The monoisotopic (exact) mass is 213 g/mol. The van der Waals surface area contributed by atoms with Gasteiger partial charge in [0.25, 0.3) is 5.91 Å². The van der Waals surface area contributed by atoms with Crippen LogP contribution in [-0.2, 0) is 11.3 Å². The van der Waals surface area contributed by atoms with E-state index in [1.165, 1.54) is 0 Å². The van der Waals surface area contributed by atoms with E-state index in [4.69, 9.17) is 0 Å². The molecule has 1 aromatic carbocycles. The van der Waals surface area contributed by atoms with E-state index in [0.717, 1.165) is 16.8 Å². The first-order valence-corrected chi connectivity index (χ1v) is 5.43. The van der Waals surface area contributed by atoms with Gasteiger partial charge in [-0.05, 0) is 25.0 Å². The van der Waals surface area contributed by atoms with Crippen molar-refractivity contribution in [3.05, 3.63) is 59.3 Å². The topological polar surface area (TPSA) is 20.3 Å². The van der Waals surface area contributed by atoms with Gasteiger partial charge in [0.05, 0.1) is 6.54 Å². The number of allylic oxidation sites excluding steroid dienone is 2. The highest BCUT2D eigenvalue weighted by molar-refractivity contribution is 5.94. The van der Waals surface area contributed by atoms with Crippen molar-refractivity contribution in [2.45, 2.75) is 20.4 Å². The van der Waals surface area contributed by atoms with Gasteiger partial charge < -0.3 is 4.90 Å². The maximum absolute atomic E-state index is 11.8. The Morgan fingerprint density at radius 1 is 1.25 bits per heavy atom. The van der Waals surface area contributed by atoms with Gasteiger partial charge in [-0.15, -0.1) is 0 Å². The molecule has 0 aliphatic carbocycles. The lowest BCUT2D eigenvalue weighted by atomic mass is 10.2. The van der Waals surface area contributed by atoms with Crippen LogP contribution in [0.25, 0.3) is 0 Å². The van der Waals surface area contributed by atoms with Gasteiger partial charge in [0, 0.05) is 11.8 Å². The third kappa shape index (κ3) is 1.91. The molecule has 0 fully saturated rings. The molecule has 1 aliphatic heterocycles. The first-order valence-electron chi connectivity index (χ1n) is 5.43. The summed E-state index contributed by atoms with van der Waals surface area (Å²) in [7, 11) is 0. The summed E-state index contributed by atoms with van der Waals surface area (Å²) in [5.41, 5.74) is 3.22. The number of nitrogens with zero attached hydrogens (tertiary/aromatic N) is 1. The van der Waals surface area contributed by atoms with Crippen molar-refractivity contribution in [1.82, 2.24) is 4.90 Å². The molecule has 1 aliphatic rings. The molecule has 1 aromatic rings. The number of amides is 1. The molecule has 2 rings (SSSR count). The minimum Gasteiger partial charge on any atom is -0.305 e. The number of carbonyl (C=O) groups is 1. The van der Waals surface area contributed by atoms with Crippen LogP contribution < -0.4 is 0 Å². The van der Waals surface area contributed by atoms with Crippen LogP contribution in [0.1, 0.15) is 19.4 Å². The lowest BCUT2D eigenvalue weighted by Crippen LogP contribution is -2.23. The van der Waals surface area contributed by atoms with Crippen LogP contribution in [-0.4, -0.2) is 10.8 Å². The summed E-state index contributed by atoms with van der Waals surface area (Å²) in [5, 5.41) is 0. The molecule has 1 heterocycles.